The molecule has 100 valence electrons. The molecule has 1 aromatic rings. The summed E-state index contributed by atoms with van der Waals surface area (Å²) in [4.78, 5) is 2.31. The van der Waals surface area contributed by atoms with Crippen molar-refractivity contribution in [2.24, 2.45) is 11.7 Å². The van der Waals surface area contributed by atoms with Crippen LogP contribution in [0.3, 0.4) is 0 Å². The van der Waals surface area contributed by atoms with E-state index in [4.69, 9.17) is 5.73 Å². The molecule has 2 rings (SSSR count). The van der Waals surface area contributed by atoms with Crippen molar-refractivity contribution in [3.63, 3.8) is 0 Å². The molecule has 0 saturated carbocycles. The first-order valence-corrected chi connectivity index (χ1v) is 6.48. The normalized spacial score (nSPS) is 21.4. The van der Waals surface area contributed by atoms with Gasteiger partial charge in [0.1, 0.15) is 0 Å². The van der Waals surface area contributed by atoms with Crippen LogP contribution in [0.25, 0.3) is 0 Å². The molecule has 0 radical (unpaired) electrons. The van der Waals surface area contributed by atoms with Crippen molar-refractivity contribution in [1.82, 2.24) is 4.90 Å². The highest BCUT2D eigenvalue weighted by atomic mass is 19.3. The monoisotopic (exact) mass is 254 g/mol. The van der Waals surface area contributed by atoms with Gasteiger partial charge >= 0.3 is 0 Å². The Labute approximate surface area is 107 Å². The molecule has 0 spiro atoms. The first kappa shape index (κ1) is 13.4. The zero-order valence-corrected chi connectivity index (χ0v) is 10.5. The maximum atomic E-state index is 12.6. The van der Waals surface area contributed by atoms with Crippen molar-refractivity contribution in [2.75, 3.05) is 19.6 Å². The Balaban J connectivity index is 1.98. The van der Waals surface area contributed by atoms with Gasteiger partial charge in [-0.1, -0.05) is 18.2 Å². The fraction of sp³-hybridized carbons (Fsp3) is 0.571. The molecule has 0 aromatic heterocycles. The van der Waals surface area contributed by atoms with E-state index in [0.29, 0.717) is 12.5 Å². The first-order valence-electron chi connectivity index (χ1n) is 6.48. The summed E-state index contributed by atoms with van der Waals surface area (Å²) >= 11 is 0. The lowest BCUT2D eigenvalue weighted by Gasteiger charge is -2.32. The highest BCUT2D eigenvalue weighted by Gasteiger charge is 2.18. The molecule has 18 heavy (non-hydrogen) atoms. The van der Waals surface area contributed by atoms with E-state index in [1.54, 1.807) is 12.1 Å². The molecule has 1 saturated heterocycles. The van der Waals surface area contributed by atoms with Crippen LogP contribution in [0.15, 0.2) is 24.3 Å². The van der Waals surface area contributed by atoms with E-state index in [-0.39, 0.29) is 5.56 Å². The Morgan fingerprint density at radius 1 is 1.39 bits per heavy atom. The molecule has 1 aromatic carbocycles. The highest BCUT2D eigenvalue weighted by molar-refractivity contribution is 5.24. The smallest absolute Gasteiger partial charge is 0.263 e. The van der Waals surface area contributed by atoms with Gasteiger partial charge in [0.25, 0.3) is 6.43 Å². The summed E-state index contributed by atoms with van der Waals surface area (Å²) in [6.07, 6.45) is -0.0522. The number of nitrogens with two attached hydrogens (primary N) is 1. The van der Waals surface area contributed by atoms with Crippen LogP contribution in [0.4, 0.5) is 8.78 Å². The second kappa shape index (κ2) is 6.25. The second-order valence-corrected chi connectivity index (χ2v) is 5.02. The van der Waals surface area contributed by atoms with Crippen LogP contribution in [0.5, 0.6) is 0 Å². The molecule has 4 heteroatoms. The first-order chi connectivity index (χ1) is 8.69. The molecule has 1 heterocycles. The van der Waals surface area contributed by atoms with Gasteiger partial charge in [-0.05, 0) is 43.5 Å². The Morgan fingerprint density at radius 2 is 2.22 bits per heavy atom. The standard InChI is InChI=1S/C14H20F2N2/c15-14(16)13-5-1-3-11(7-13)9-18-6-2-4-12(8-17)10-18/h1,3,5,7,12,14H,2,4,6,8-10,17H2. The maximum Gasteiger partial charge on any atom is 0.263 e. The third kappa shape index (κ3) is 3.50. The van der Waals surface area contributed by atoms with Crippen molar-refractivity contribution >= 4 is 0 Å². The lowest BCUT2D eigenvalue weighted by atomic mass is 9.98. The minimum atomic E-state index is -2.39. The van der Waals surface area contributed by atoms with Crippen molar-refractivity contribution < 1.29 is 8.78 Å². The van der Waals surface area contributed by atoms with E-state index < -0.39 is 6.43 Å². The lowest BCUT2D eigenvalue weighted by Crippen LogP contribution is -2.37. The molecular formula is C14H20F2N2. The maximum absolute atomic E-state index is 12.6. The van der Waals surface area contributed by atoms with Crippen molar-refractivity contribution in [1.29, 1.82) is 0 Å². The molecule has 0 bridgehead atoms. The third-order valence-corrected chi connectivity index (χ3v) is 3.55. The molecule has 2 nitrogen and oxygen atoms in total. The number of hydrogen-bond acceptors (Lipinski definition) is 2. The molecule has 1 aliphatic rings. The van der Waals surface area contributed by atoms with E-state index in [1.165, 1.54) is 12.5 Å². The summed E-state index contributed by atoms with van der Waals surface area (Å²) in [5.74, 6) is 0.553. The van der Waals surface area contributed by atoms with Gasteiger partial charge in [0.2, 0.25) is 0 Å². The molecule has 0 amide bonds. The SMILES string of the molecule is NCC1CCCN(Cc2cccc(C(F)F)c2)C1. The van der Waals surface area contributed by atoms with Crippen molar-refractivity contribution in [3.8, 4) is 0 Å². The van der Waals surface area contributed by atoms with Gasteiger partial charge in [-0.25, -0.2) is 8.78 Å². The summed E-state index contributed by atoms with van der Waals surface area (Å²) in [6.45, 7) is 3.48. The number of alkyl halides is 2. The predicted molar refractivity (Wildman–Crippen MR) is 68.5 cm³/mol. The molecule has 0 aliphatic carbocycles. The van der Waals surface area contributed by atoms with Gasteiger partial charge in [0.05, 0.1) is 0 Å². The zero-order chi connectivity index (χ0) is 13.0. The Hall–Kier alpha value is -1.00. The Kier molecular flexibility index (Phi) is 4.66. The van der Waals surface area contributed by atoms with Gasteiger partial charge in [0, 0.05) is 18.7 Å². The molecule has 2 N–H and O–H groups in total. The number of rotatable bonds is 4. The Morgan fingerprint density at radius 3 is 2.94 bits per heavy atom. The van der Waals surface area contributed by atoms with Gasteiger partial charge < -0.3 is 5.73 Å². The van der Waals surface area contributed by atoms with E-state index in [0.717, 1.165) is 31.6 Å². The Bertz CT molecular complexity index is 382. The molecule has 1 atom stereocenters. The largest absolute Gasteiger partial charge is 0.330 e. The number of nitrogens with zero attached hydrogens (tertiary/aromatic N) is 1. The van der Waals surface area contributed by atoms with Gasteiger partial charge in [-0.2, -0.15) is 0 Å². The topological polar surface area (TPSA) is 29.3 Å². The van der Waals surface area contributed by atoms with Gasteiger partial charge in [-0.15, -0.1) is 0 Å². The van der Waals surface area contributed by atoms with Crippen LogP contribution in [0.1, 0.15) is 30.4 Å². The minimum Gasteiger partial charge on any atom is -0.330 e. The fourth-order valence-corrected chi connectivity index (χ4v) is 2.57. The number of piperidine rings is 1. The predicted octanol–water partition coefficient (Wildman–Crippen LogP) is 2.79. The van der Waals surface area contributed by atoms with Gasteiger partial charge in [0.15, 0.2) is 0 Å². The van der Waals surface area contributed by atoms with Crippen LogP contribution in [0, 0.1) is 5.92 Å². The third-order valence-electron chi connectivity index (χ3n) is 3.55. The molecule has 1 aliphatic heterocycles. The second-order valence-electron chi connectivity index (χ2n) is 5.02. The minimum absolute atomic E-state index is 0.111. The molecule has 1 fully saturated rings. The average molecular weight is 254 g/mol. The quantitative estimate of drug-likeness (QED) is 0.895. The summed E-state index contributed by atoms with van der Waals surface area (Å²) in [5, 5.41) is 0. The van der Waals surface area contributed by atoms with E-state index in [1.807, 2.05) is 6.07 Å². The van der Waals surface area contributed by atoms with Crippen LogP contribution in [0.2, 0.25) is 0 Å². The number of hydrogen-bond donors (Lipinski definition) is 1. The molecular weight excluding hydrogens is 234 g/mol. The number of benzene rings is 1. The summed E-state index contributed by atoms with van der Waals surface area (Å²) in [6, 6.07) is 6.71. The summed E-state index contributed by atoms with van der Waals surface area (Å²) in [7, 11) is 0. The van der Waals surface area contributed by atoms with Crippen LogP contribution >= 0.6 is 0 Å². The highest BCUT2D eigenvalue weighted by Crippen LogP contribution is 2.22. The number of halogens is 2. The van der Waals surface area contributed by atoms with E-state index in [2.05, 4.69) is 4.90 Å². The average Bonchev–Trinajstić information content (AvgIpc) is 2.39. The summed E-state index contributed by atoms with van der Waals surface area (Å²) in [5.41, 5.74) is 6.77. The van der Waals surface area contributed by atoms with Crippen LogP contribution < -0.4 is 5.73 Å². The molecule has 1 unspecified atom stereocenters. The zero-order valence-electron chi connectivity index (χ0n) is 10.5. The summed E-state index contributed by atoms with van der Waals surface area (Å²) < 4.78 is 25.2. The fourth-order valence-electron chi connectivity index (χ4n) is 2.57. The van der Waals surface area contributed by atoms with Gasteiger partial charge in [-0.3, -0.25) is 4.90 Å². The van der Waals surface area contributed by atoms with Crippen LogP contribution in [-0.4, -0.2) is 24.5 Å². The number of likely N-dealkylation sites (tertiary alicyclic amines) is 1. The van der Waals surface area contributed by atoms with Crippen molar-refractivity contribution in [3.05, 3.63) is 35.4 Å². The van der Waals surface area contributed by atoms with Crippen molar-refractivity contribution in [2.45, 2.75) is 25.8 Å². The lowest BCUT2D eigenvalue weighted by molar-refractivity contribution is 0.150. The van der Waals surface area contributed by atoms with E-state index >= 15 is 0 Å². The van der Waals surface area contributed by atoms with Crippen LogP contribution in [-0.2, 0) is 6.54 Å². The van der Waals surface area contributed by atoms with E-state index in [9.17, 15) is 8.78 Å².